The second-order valence-corrected chi connectivity index (χ2v) is 4.20. The zero-order valence-electron chi connectivity index (χ0n) is 9.78. The Kier molecular flexibility index (Phi) is 3.99. The van der Waals surface area contributed by atoms with Gasteiger partial charge in [-0.05, 0) is 30.3 Å². The molecular weight excluding hydrogens is 269 g/mol. The molecule has 0 heterocycles. The van der Waals surface area contributed by atoms with E-state index in [-0.39, 0.29) is 5.69 Å². The molecule has 0 aromatic heterocycles. The Morgan fingerprint density at radius 3 is 2.63 bits per heavy atom. The van der Waals surface area contributed by atoms with E-state index in [1.165, 1.54) is 18.2 Å². The van der Waals surface area contributed by atoms with E-state index in [9.17, 15) is 9.18 Å². The van der Waals surface area contributed by atoms with Gasteiger partial charge in [0.1, 0.15) is 5.82 Å². The topological polar surface area (TPSA) is 67.1 Å². The molecule has 0 bridgehead atoms. The summed E-state index contributed by atoms with van der Waals surface area (Å²) in [4.78, 5) is 12.0. The number of amides is 1. The highest BCUT2D eigenvalue weighted by molar-refractivity contribution is 6.31. The van der Waals surface area contributed by atoms with Crippen LogP contribution in [0, 0.1) is 5.82 Å². The SMILES string of the molecule is NNc1ccccc1C(=O)Nc1cc(Cl)ccc1F. The first-order chi connectivity index (χ1) is 9.11. The van der Waals surface area contributed by atoms with Crippen molar-refractivity contribution in [3.8, 4) is 0 Å². The van der Waals surface area contributed by atoms with E-state index in [1.807, 2.05) is 0 Å². The fraction of sp³-hybridized carbons (Fsp3) is 0. The lowest BCUT2D eigenvalue weighted by Gasteiger charge is -2.10. The Bertz CT molecular complexity index is 619. The van der Waals surface area contributed by atoms with Crippen LogP contribution in [0.25, 0.3) is 0 Å². The van der Waals surface area contributed by atoms with E-state index in [0.717, 1.165) is 0 Å². The largest absolute Gasteiger partial charge is 0.323 e. The van der Waals surface area contributed by atoms with E-state index in [2.05, 4.69) is 10.7 Å². The van der Waals surface area contributed by atoms with Crippen molar-refractivity contribution >= 4 is 28.9 Å². The smallest absolute Gasteiger partial charge is 0.257 e. The predicted octanol–water partition coefficient (Wildman–Crippen LogP) is 3.02. The third-order valence-electron chi connectivity index (χ3n) is 2.50. The van der Waals surface area contributed by atoms with Gasteiger partial charge in [0.05, 0.1) is 16.9 Å². The maximum Gasteiger partial charge on any atom is 0.257 e. The summed E-state index contributed by atoms with van der Waals surface area (Å²) in [6, 6.07) is 10.6. The van der Waals surface area contributed by atoms with Gasteiger partial charge in [0, 0.05) is 5.02 Å². The number of carbonyl (C=O) groups is 1. The van der Waals surface area contributed by atoms with E-state index < -0.39 is 11.7 Å². The number of carbonyl (C=O) groups excluding carboxylic acids is 1. The molecule has 4 N–H and O–H groups in total. The van der Waals surface area contributed by atoms with Crippen LogP contribution in [0.1, 0.15) is 10.4 Å². The van der Waals surface area contributed by atoms with E-state index in [1.54, 1.807) is 24.3 Å². The minimum Gasteiger partial charge on any atom is -0.323 e. The van der Waals surface area contributed by atoms with Gasteiger partial charge in [-0.25, -0.2) is 4.39 Å². The fourth-order valence-corrected chi connectivity index (χ4v) is 1.76. The Hall–Kier alpha value is -2.11. The first-order valence-electron chi connectivity index (χ1n) is 5.44. The molecule has 2 aromatic rings. The average Bonchev–Trinajstić information content (AvgIpc) is 2.42. The first-order valence-corrected chi connectivity index (χ1v) is 5.81. The number of nitrogens with two attached hydrogens (primary N) is 1. The number of anilines is 2. The van der Waals surface area contributed by atoms with Gasteiger partial charge < -0.3 is 10.7 Å². The zero-order chi connectivity index (χ0) is 13.8. The molecule has 6 heteroatoms. The van der Waals surface area contributed by atoms with Gasteiger partial charge in [-0.15, -0.1) is 0 Å². The van der Waals surface area contributed by atoms with Crippen molar-refractivity contribution in [2.45, 2.75) is 0 Å². The molecule has 0 aliphatic carbocycles. The van der Waals surface area contributed by atoms with Crippen molar-refractivity contribution in [1.29, 1.82) is 0 Å². The molecule has 0 aliphatic heterocycles. The van der Waals surface area contributed by atoms with Gasteiger partial charge in [0.25, 0.3) is 5.91 Å². The summed E-state index contributed by atoms with van der Waals surface area (Å²) < 4.78 is 13.5. The summed E-state index contributed by atoms with van der Waals surface area (Å²) in [7, 11) is 0. The molecule has 0 atom stereocenters. The van der Waals surface area contributed by atoms with Crippen LogP contribution in [-0.2, 0) is 0 Å². The summed E-state index contributed by atoms with van der Waals surface area (Å²) in [5.41, 5.74) is 3.18. The minimum atomic E-state index is -0.559. The quantitative estimate of drug-likeness (QED) is 0.598. The second-order valence-electron chi connectivity index (χ2n) is 3.77. The van der Waals surface area contributed by atoms with E-state index >= 15 is 0 Å². The van der Waals surface area contributed by atoms with Gasteiger partial charge in [-0.3, -0.25) is 10.6 Å². The van der Waals surface area contributed by atoms with Crippen LogP contribution >= 0.6 is 11.6 Å². The fourth-order valence-electron chi connectivity index (χ4n) is 1.59. The third-order valence-corrected chi connectivity index (χ3v) is 2.74. The highest BCUT2D eigenvalue weighted by atomic mass is 35.5. The molecule has 0 spiro atoms. The zero-order valence-corrected chi connectivity index (χ0v) is 10.5. The number of nitrogens with one attached hydrogen (secondary N) is 2. The third kappa shape index (κ3) is 3.01. The van der Waals surface area contributed by atoms with Gasteiger partial charge in [-0.1, -0.05) is 23.7 Å². The van der Waals surface area contributed by atoms with Crippen molar-refractivity contribution in [3.05, 3.63) is 58.9 Å². The highest BCUT2D eigenvalue weighted by Crippen LogP contribution is 2.21. The van der Waals surface area contributed by atoms with E-state index in [0.29, 0.717) is 16.3 Å². The van der Waals surface area contributed by atoms with Gasteiger partial charge in [-0.2, -0.15) is 0 Å². The summed E-state index contributed by atoms with van der Waals surface area (Å²) in [5.74, 6) is 4.27. The standard InChI is InChI=1S/C13H11ClFN3O/c14-8-5-6-10(15)12(7-8)17-13(19)9-3-1-2-4-11(9)18-16/h1-7,18H,16H2,(H,17,19). The number of nitrogen functional groups attached to an aromatic ring is 1. The van der Waals surface area contributed by atoms with Gasteiger partial charge in [0.2, 0.25) is 0 Å². The Labute approximate surface area is 114 Å². The Morgan fingerprint density at radius 1 is 1.16 bits per heavy atom. The van der Waals surface area contributed by atoms with Crippen LogP contribution in [0.4, 0.5) is 15.8 Å². The molecule has 0 aliphatic rings. The summed E-state index contributed by atoms with van der Waals surface area (Å²) in [6.45, 7) is 0. The lowest BCUT2D eigenvalue weighted by atomic mass is 10.1. The monoisotopic (exact) mass is 279 g/mol. The number of hydrazine groups is 1. The normalized spacial score (nSPS) is 10.1. The lowest BCUT2D eigenvalue weighted by molar-refractivity contribution is 0.102. The molecule has 0 radical (unpaired) electrons. The Balaban J connectivity index is 2.28. The van der Waals surface area contributed by atoms with Crippen LogP contribution < -0.4 is 16.6 Å². The molecule has 2 aromatic carbocycles. The predicted molar refractivity (Wildman–Crippen MR) is 73.6 cm³/mol. The maximum absolute atomic E-state index is 13.5. The molecule has 1 amide bonds. The molecule has 98 valence electrons. The molecule has 0 fully saturated rings. The van der Waals surface area contributed by atoms with Crippen molar-refractivity contribution in [2.24, 2.45) is 5.84 Å². The summed E-state index contributed by atoms with van der Waals surface area (Å²) >= 11 is 5.75. The lowest BCUT2D eigenvalue weighted by Crippen LogP contribution is -2.17. The highest BCUT2D eigenvalue weighted by Gasteiger charge is 2.12. The number of hydrogen-bond donors (Lipinski definition) is 3. The average molecular weight is 280 g/mol. The first kappa shape index (κ1) is 13.3. The van der Waals surface area contributed by atoms with Gasteiger partial charge >= 0.3 is 0 Å². The van der Waals surface area contributed by atoms with Crippen LogP contribution in [-0.4, -0.2) is 5.91 Å². The molecule has 0 saturated heterocycles. The number of rotatable bonds is 3. The van der Waals surface area contributed by atoms with Crippen LogP contribution in [0.5, 0.6) is 0 Å². The number of para-hydroxylation sites is 1. The number of benzene rings is 2. The minimum absolute atomic E-state index is 0.0179. The molecule has 0 unspecified atom stereocenters. The summed E-state index contributed by atoms with van der Waals surface area (Å²) in [5, 5.41) is 2.78. The molecular formula is C13H11ClFN3O. The molecule has 0 saturated carbocycles. The molecule has 4 nitrogen and oxygen atoms in total. The molecule has 19 heavy (non-hydrogen) atoms. The van der Waals surface area contributed by atoms with Gasteiger partial charge in [0.15, 0.2) is 0 Å². The van der Waals surface area contributed by atoms with Crippen molar-refractivity contribution in [3.63, 3.8) is 0 Å². The van der Waals surface area contributed by atoms with Crippen LogP contribution in [0.3, 0.4) is 0 Å². The van der Waals surface area contributed by atoms with Crippen LogP contribution in [0.15, 0.2) is 42.5 Å². The maximum atomic E-state index is 13.5. The molecule has 2 rings (SSSR count). The second kappa shape index (κ2) is 5.69. The van der Waals surface area contributed by atoms with Crippen molar-refractivity contribution in [2.75, 3.05) is 10.7 Å². The summed E-state index contributed by atoms with van der Waals surface area (Å²) in [6.07, 6.45) is 0. The van der Waals surface area contributed by atoms with E-state index in [4.69, 9.17) is 17.4 Å². The van der Waals surface area contributed by atoms with Crippen molar-refractivity contribution < 1.29 is 9.18 Å². The van der Waals surface area contributed by atoms with Crippen molar-refractivity contribution in [1.82, 2.24) is 0 Å². The number of halogens is 2. The number of hydrogen-bond acceptors (Lipinski definition) is 3. The van der Waals surface area contributed by atoms with Crippen LogP contribution in [0.2, 0.25) is 5.02 Å². The Morgan fingerprint density at radius 2 is 1.89 bits per heavy atom.